The minimum Gasteiger partial charge on any atom is -0.317 e. The molecule has 8 heteroatoms. The lowest BCUT2D eigenvalue weighted by molar-refractivity contribution is 0.101. The highest BCUT2D eigenvalue weighted by atomic mass is 79.9. The topological polar surface area (TPSA) is 70.7 Å². The summed E-state index contributed by atoms with van der Waals surface area (Å²) in [6.07, 6.45) is 2.12. The number of rotatable bonds is 3. The zero-order valence-electron chi connectivity index (χ0n) is 10.1. The monoisotopic (exact) mass is 358 g/mol. The number of aromatic amines is 1. The summed E-state index contributed by atoms with van der Waals surface area (Å²) in [5.74, 6) is 0.153. The predicted molar refractivity (Wildman–Crippen MR) is 75.4 cm³/mol. The Labute approximate surface area is 127 Å². The molecule has 1 saturated carbocycles. The number of hydrogen-bond donors (Lipinski definition) is 2. The fourth-order valence-corrected chi connectivity index (χ4v) is 2.65. The quantitative estimate of drug-likeness (QED) is 0.881. The van der Waals surface area contributed by atoms with Gasteiger partial charge >= 0.3 is 0 Å². The highest BCUT2D eigenvalue weighted by Crippen LogP contribution is 2.38. The number of carbonyl (C=O) groups excluding carboxylic acids is 1. The Morgan fingerprint density at radius 2 is 2.25 bits per heavy atom. The Bertz CT molecular complexity index is 663. The van der Waals surface area contributed by atoms with E-state index in [4.69, 9.17) is 11.6 Å². The third-order valence-corrected chi connectivity index (χ3v) is 3.84. The Kier molecular flexibility index (Phi) is 3.47. The third kappa shape index (κ3) is 2.69. The molecule has 0 bridgehead atoms. The van der Waals surface area contributed by atoms with Gasteiger partial charge in [0.25, 0.3) is 5.91 Å². The highest BCUT2D eigenvalue weighted by Gasteiger charge is 2.28. The van der Waals surface area contributed by atoms with E-state index >= 15 is 0 Å². The van der Waals surface area contributed by atoms with E-state index in [9.17, 15) is 9.18 Å². The molecule has 1 aliphatic rings. The highest BCUT2D eigenvalue weighted by molar-refractivity contribution is 9.10. The number of anilines is 1. The molecule has 5 nitrogen and oxygen atoms in total. The van der Waals surface area contributed by atoms with E-state index in [2.05, 4.69) is 36.4 Å². The van der Waals surface area contributed by atoms with Crippen LogP contribution in [0.2, 0.25) is 5.02 Å². The predicted octanol–water partition coefficient (Wildman–Crippen LogP) is 3.49. The van der Waals surface area contributed by atoms with Gasteiger partial charge in [-0.3, -0.25) is 9.89 Å². The van der Waals surface area contributed by atoms with Crippen LogP contribution in [0.15, 0.2) is 16.6 Å². The Hall–Kier alpha value is -1.47. The van der Waals surface area contributed by atoms with Crippen molar-refractivity contribution in [3.8, 4) is 0 Å². The maximum Gasteiger partial charge on any atom is 0.295 e. The van der Waals surface area contributed by atoms with Crippen molar-refractivity contribution >= 4 is 39.1 Å². The van der Waals surface area contributed by atoms with Crippen LogP contribution in [0, 0.1) is 5.82 Å². The van der Waals surface area contributed by atoms with Gasteiger partial charge in [-0.05, 0) is 40.9 Å². The average Bonchev–Trinajstić information content (AvgIpc) is 3.11. The summed E-state index contributed by atoms with van der Waals surface area (Å²) < 4.78 is 13.5. The Balaban J connectivity index is 1.81. The first-order valence-corrected chi connectivity index (χ1v) is 7.10. The molecule has 1 fully saturated rings. The summed E-state index contributed by atoms with van der Waals surface area (Å²) in [6, 6.07) is 2.34. The zero-order valence-corrected chi connectivity index (χ0v) is 12.4. The SMILES string of the molecule is O=C(Nc1c(Cl)cc(F)cc1Br)c1n[nH]c(C2CC2)n1. The van der Waals surface area contributed by atoms with Crippen LogP contribution in [0.5, 0.6) is 0 Å². The fourth-order valence-electron chi connectivity index (χ4n) is 1.75. The number of amides is 1. The second-order valence-electron chi connectivity index (χ2n) is 4.52. The third-order valence-electron chi connectivity index (χ3n) is 2.92. The molecule has 2 aromatic rings. The van der Waals surface area contributed by atoms with Gasteiger partial charge in [-0.25, -0.2) is 9.37 Å². The summed E-state index contributed by atoms with van der Waals surface area (Å²) in [5, 5.41) is 9.28. The fraction of sp³-hybridized carbons (Fsp3) is 0.250. The van der Waals surface area contributed by atoms with E-state index in [0.29, 0.717) is 10.4 Å². The van der Waals surface area contributed by atoms with Crippen molar-refractivity contribution in [3.05, 3.63) is 39.1 Å². The number of nitrogens with zero attached hydrogens (tertiary/aromatic N) is 2. The molecule has 0 unspecified atom stereocenters. The normalized spacial score (nSPS) is 14.3. The molecular formula is C12H9BrClFN4O. The van der Waals surface area contributed by atoms with Crippen molar-refractivity contribution in [1.29, 1.82) is 0 Å². The molecule has 1 amide bonds. The van der Waals surface area contributed by atoms with Crippen LogP contribution in [0.25, 0.3) is 0 Å². The summed E-state index contributed by atoms with van der Waals surface area (Å²) in [7, 11) is 0. The zero-order chi connectivity index (χ0) is 14.3. The summed E-state index contributed by atoms with van der Waals surface area (Å²) in [4.78, 5) is 16.2. The molecule has 0 atom stereocenters. The lowest BCUT2D eigenvalue weighted by Crippen LogP contribution is -2.14. The van der Waals surface area contributed by atoms with Gasteiger partial charge < -0.3 is 5.32 Å². The van der Waals surface area contributed by atoms with Crippen LogP contribution < -0.4 is 5.32 Å². The first-order valence-electron chi connectivity index (χ1n) is 5.93. The van der Waals surface area contributed by atoms with E-state index in [-0.39, 0.29) is 16.5 Å². The lowest BCUT2D eigenvalue weighted by atomic mass is 10.3. The van der Waals surface area contributed by atoms with Gasteiger partial charge in [0.1, 0.15) is 11.6 Å². The van der Waals surface area contributed by atoms with Crippen molar-refractivity contribution < 1.29 is 9.18 Å². The van der Waals surface area contributed by atoms with Crippen LogP contribution in [-0.2, 0) is 0 Å². The van der Waals surface area contributed by atoms with E-state index in [1.807, 2.05) is 0 Å². The summed E-state index contributed by atoms with van der Waals surface area (Å²) >= 11 is 9.05. The number of benzene rings is 1. The van der Waals surface area contributed by atoms with Gasteiger partial charge in [-0.15, -0.1) is 5.10 Å². The Morgan fingerprint density at radius 3 is 2.90 bits per heavy atom. The van der Waals surface area contributed by atoms with Gasteiger partial charge in [0.2, 0.25) is 5.82 Å². The number of hydrogen-bond acceptors (Lipinski definition) is 3. The first kappa shape index (κ1) is 13.5. The minimum atomic E-state index is -0.498. The first-order chi connectivity index (χ1) is 9.54. The van der Waals surface area contributed by atoms with Crippen LogP contribution in [0.3, 0.4) is 0 Å². The second-order valence-corrected chi connectivity index (χ2v) is 5.78. The van der Waals surface area contributed by atoms with Crippen LogP contribution in [-0.4, -0.2) is 21.1 Å². The summed E-state index contributed by atoms with van der Waals surface area (Å²) in [5.41, 5.74) is 0.288. The largest absolute Gasteiger partial charge is 0.317 e. The molecule has 0 aliphatic heterocycles. The van der Waals surface area contributed by atoms with E-state index in [1.54, 1.807) is 0 Å². The van der Waals surface area contributed by atoms with Crippen LogP contribution >= 0.6 is 27.5 Å². The molecule has 1 heterocycles. The smallest absolute Gasteiger partial charge is 0.295 e. The van der Waals surface area contributed by atoms with Gasteiger partial charge in [0.05, 0.1) is 10.7 Å². The van der Waals surface area contributed by atoms with Crippen molar-refractivity contribution in [2.75, 3.05) is 5.32 Å². The van der Waals surface area contributed by atoms with Crippen LogP contribution in [0.1, 0.15) is 35.2 Å². The molecule has 20 heavy (non-hydrogen) atoms. The van der Waals surface area contributed by atoms with Crippen molar-refractivity contribution in [2.24, 2.45) is 0 Å². The van der Waals surface area contributed by atoms with E-state index in [0.717, 1.165) is 24.7 Å². The molecule has 104 valence electrons. The number of carbonyl (C=O) groups is 1. The maximum atomic E-state index is 13.1. The van der Waals surface area contributed by atoms with Crippen LogP contribution in [0.4, 0.5) is 10.1 Å². The van der Waals surface area contributed by atoms with Gasteiger partial charge in [-0.2, -0.15) is 0 Å². The Morgan fingerprint density at radius 1 is 1.50 bits per heavy atom. The van der Waals surface area contributed by atoms with E-state index < -0.39 is 11.7 Å². The molecule has 3 rings (SSSR count). The average molecular weight is 360 g/mol. The molecule has 1 aromatic carbocycles. The number of nitrogens with one attached hydrogen (secondary N) is 2. The number of H-pyrrole nitrogens is 1. The summed E-state index contributed by atoms with van der Waals surface area (Å²) in [6.45, 7) is 0. The second kappa shape index (κ2) is 5.14. The van der Waals surface area contributed by atoms with Crippen molar-refractivity contribution in [1.82, 2.24) is 15.2 Å². The molecule has 1 aliphatic carbocycles. The molecule has 0 saturated heterocycles. The number of halogens is 3. The lowest BCUT2D eigenvalue weighted by Gasteiger charge is -2.07. The number of aromatic nitrogens is 3. The molecule has 1 aromatic heterocycles. The van der Waals surface area contributed by atoms with Gasteiger partial charge in [-0.1, -0.05) is 11.6 Å². The molecule has 2 N–H and O–H groups in total. The van der Waals surface area contributed by atoms with Crippen molar-refractivity contribution in [2.45, 2.75) is 18.8 Å². The van der Waals surface area contributed by atoms with Gasteiger partial charge in [0.15, 0.2) is 0 Å². The van der Waals surface area contributed by atoms with Gasteiger partial charge in [0, 0.05) is 10.4 Å². The van der Waals surface area contributed by atoms with Crippen molar-refractivity contribution in [3.63, 3.8) is 0 Å². The molecular weight excluding hydrogens is 351 g/mol. The minimum absolute atomic E-state index is 0.0409. The molecule has 0 spiro atoms. The standard InChI is InChI=1S/C12H9BrClFN4O/c13-7-3-6(15)4-8(14)9(7)16-12(20)11-17-10(18-19-11)5-1-2-5/h3-5H,1-2H2,(H,16,20)(H,17,18,19). The molecule has 0 radical (unpaired) electrons. The van der Waals surface area contributed by atoms with E-state index in [1.165, 1.54) is 6.07 Å². The maximum absolute atomic E-state index is 13.1.